The highest BCUT2D eigenvalue weighted by Crippen LogP contribution is 2.37. The van der Waals surface area contributed by atoms with Gasteiger partial charge in [-0.3, -0.25) is 0 Å². The molecule has 1 aromatic heterocycles. The lowest BCUT2D eigenvalue weighted by molar-refractivity contribution is 0.00578. The fourth-order valence-electron chi connectivity index (χ4n) is 2.56. The zero-order chi connectivity index (χ0) is 16.3. The molecule has 3 rings (SSSR count). The van der Waals surface area contributed by atoms with Crippen molar-refractivity contribution in [1.82, 2.24) is 9.55 Å². The highest BCUT2D eigenvalue weighted by Gasteiger charge is 2.52. The SMILES string of the molecule is CCn1cnc2cc(B3OC(C)(C)C(C)(C)O3)c(F)c(F)c21. The number of aryl methyl sites for hydroxylation is 1. The van der Waals surface area contributed by atoms with Crippen LogP contribution in [0, 0.1) is 11.6 Å². The van der Waals surface area contributed by atoms with Gasteiger partial charge in [0.15, 0.2) is 11.6 Å². The molecule has 0 unspecified atom stereocenters. The van der Waals surface area contributed by atoms with Gasteiger partial charge in [0.05, 0.1) is 23.0 Å². The summed E-state index contributed by atoms with van der Waals surface area (Å²) in [7, 11) is -0.948. The summed E-state index contributed by atoms with van der Waals surface area (Å²) < 4.78 is 42.1. The molecule has 22 heavy (non-hydrogen) atoms. The van der Waals surface area contributed by atoms with Crippen LogP contribution in [0.4, 0.5) is 8.78 Å². The Labute approximate surface area is 128 Å². The van der Waals surface area contributed by atoms with Crippen LogP contribution >= 0.6 is 0 Å². The van der Waals surface area contributed by atoms with Crippen LogP contribution in [0.3, 0.4) is 0 Å². The van der Waals surface area contributed by atoms with Crippen molar-refractivity contribution in [1.29, 1.82) is 0 Å². The molecule has 0 spiro atoms. The third kappa shape index (κ3) is 2.06. The summed E-state index contributed by atoms with van der Waals surface area (Å²) in [5.74, 6) is -1.86. The lowest BCUT2D eigenvalue weighted by atomic mass is 9.78. The van der Waals surface area contributed by atoms with E-state index in [0.717, 1.165) is 0 Å². The Kier molecular flexibility index (Phi) is 3.34. The lowest BCUT2D eigenvalue weighted by Crippen LogP contribution is -2.41. The van der Waals surface area contributed by atoms with Gasteiger partial charge in [-0.05, 0) is 40.7 Å². The van der Waals surface area contributed by atoms with Crippen molar-refractivity contribution in [2.75, 3.05) is 0 Å². The minimum atomic E-state index is -0.948. The van der Waals surface area contributed by atoms with Crippen LogP contribution in [0.15, 0.2) is 12.4 Å². The Bertz CT molecular complexity index is 727. The summed E-state index contributed by atoms with van der Waals surface area (Å²) in [6, 6.07) is 1.50. The Morgan fingerprint density at radius 3 is 2.27 bits per heavy atom. The quantitative estimate of drug-likeness (QED) is 0.800. The minimum absolute atomic E-state index is 0.0463. The molecule has 0 amide bonds. The van der Waals surface area contributed by atoms with Gasteiger partial charge in [0.25, 0.3) is 0 Å². The van der Waals surface area contributed by atoms with Crippen molar-refractivity contribution < 1.29 is 18.1 Å². The van der Waals surface area contributed by atoms with Gasteiger partial charge in [-0.1, -0.05) is 0 Å². The van der Waals surface area contributed by atoms with Gasteiger partial charge in [0.2, 0.25) is 0 Å². The van der Waals surface area contributed by atoms with E-state index in [1.807, 2.05) is 34.6 Å². The van der Waals surface area contributed by atoms with Crippen LogP contribution in [0.5, 0.6) is 0 Å². The standard InChI is InChI=1S/C15H19BF2N2O2/c1-6-20-8-19-10-7-9(11(17)12(18)13(10)20)16-21-14(2,3)15(4,5)22-16/h7-8H,6H2,1-5H3. The number of halogens is 2. The maximum Gasteiger partial charge on any atom is 0.498 e. The zero-order valence-corrected chi connectivity index (χ0v) is 13.4. The Hall–Kier alpha value is -1.47. The molecule has 0 bridgehead atoms. The average Bonchev–Trinajstić information content (AvgIpc) is 2.92. The van der Waals surface area contributed by atoms with Gasteiger partial charge >= 0.3 is 7.12 Å². The van der Waals surface area contributed by atoms with Crippen molar-refractivity contribution in [2.24, 2.45) is 0 Å². The number of nitrogens with zero attached hydrogens (tertiary/aromatic N) is 2. The fraction of sp³-hybridized carbons (Fsp3) is 0.533. The van der Waals surface area contributed by atoms with Crippen molar-refractivity contribution in [3.05, 3.63) is 24.0 Å². The molecule has 2 aromatic rings. The monoisotopic (exact) mass is 308 g/mol. The van der Waals surface area contributed by atoms with Gasteiger partial charge in [-0.25, -0.2) is 13.8 Å². The second-order valence-electron chi connectivity index (χ2n) is 6.58. The average molecular weight is 308 g/mol. The maximum atomic E-state index is 14.5. The predicted molar refractivity (Wildman–Crippen MR) is 81.0 cm³/mol. The molecule has 7 heteroatoms. The molecule has 1 aliphatic rings. The summed E-state index contributed by atoms with van der Waals surface area (Å²) in [6.45, 7) is 9.83. The second kappa shape index (κ2) is 4.76. The van der Waals surface area contributed by atoms with E-state index in [1.54, 1.807) is 4.57 Å². The number of fused-ring (bicyclic) bond motifs is 1. The van der Waals surface area contributed by atoms with Gasteiger partial charge < -0.3 is 13.9 Å². The van der Waals surface area contributed by atoms with E-state index in [1.165, 1.54) is 12.4 Å². The molecule has 0 atom stereocenters. The second-order valence-corrected chi connectivity index (χ2v) is 6.58. The van der Waals surface area contributed by atoms with Gasteiger partial charge in [-0.15, -0.1) is 0 Å². The summed E-state index contributed by atoms with van der Waals surface area (Å²) in [6.07, 6.45) is 1.50. The van der Waals surface area contributed by atoms with Crippen LogP contribution in [-0.4, -0.2) is 27.9 Å². The smallest absolute Gasteiger partial charge is 0.399 e. The fourth-order valence-corrected chi connectivity index (χ4v) is 2.56. The van der Waals surface area contributed by atoms with Crippen molar-refractivity contribution >= 4 is 23.6 Å². The van der Waals surface area contributed by atoms with Crippen molar-refractivity contribution in [3.8, 4) is 0 Å². The molecule has 1 aliphatic heterocycles. The van der Waals surface area contributed by atoms with Gasteiger partial charge in [0.1, 0.15) is 5.52 Å². The number of hydrogen-bond acceptors (Lipinski definition) is 3. The molecule has 0 aliphatic carbocycles. The topological polar surface area (TPSA) is 36.3 Å². The molecule has 1 aromatic carbocycles. The van der Waals surface area contributed by atoms with Crippen LogP contribution in [0.1, 0.15) is 34.6 Å². The molecular weight excluding hydrogens is 289 g/mol. The first-order chi connectivity index (χ1) is 10.2. The highest BCUT2D eigenvalue weighted by atomic mass is 19.2. The lowest BCUT2D eigenvalue weighted by Gasteiger charge is -2.32. The van der Waals surface area contributed by atoms with E-state index in [4.69, 9.17) is 9.31 Å². The van der Waals surface area contributed by atoms with E-state index in [2.05, 4.69) is 4.98 Å². The van der Waals surface area contributed by atoms with E-state index < -0.39 is 30.0 Å². The maximum absolute atomic E-state index is 14.5. The molecular formula is C15H19BF2N2O2. The first kappa shape index (κ1) is 15.4. The van der Waals surface area contributed by atoms with E-state index in [-0.39, 0.29) is 11.0 Å². The molecule has 0 saturated carbocycles. The third-order valence-electron chi connectivity index (χ3n) is 4.66. The number of aromatic nitrogens is 2. The molecule has 0 radical (unpaired) electrons. The summed E-state index contributed by atoms with van der Waals surface area (Å²) in [5.41, 5.74) is -0.618. The number of benzene rings is 1. The molecule has 118 valence electrons. The summed E-state index contributed by atoms with van der Waals surface area (Å²) in [5, 5.41) is 0. The normalized spacial score (nSPS) is 20.0. The molecule has 1 fully saturated rings. The summed E-state index contributed by atoms with van der Waals surface area (Å²) >= 11 is 0. The van der Waals surface area contributed by atoms with Crippen LogP contribution in [0.2, 0.25) is 0 Å². The van der Waals surface area contributed by atoms with E-state index in [9.17, 15) is 8.78 Å². The van der Waals surface area contributed by atoms with E-state index in [0.29, 0.717) is 12.1 Å². The van der Waals surface area contributed by atoms with E-state index >= 15 is 0 Å². The largest absolute Gasteiger partial charge is 0.498 e. The molecule has 0 N–H and O–H groups in total. The molecule has 2 heterocycles. The molecule has 1 saturated heterocycles. The number of hydrogen-bond donors (Lipinski definition) is 0. The van der Waals surface area contributed by atoms with Crippen LogP contribution in [0.25, 0.3) is 11.0 Å². The van der Waals surface area contributed by atoms with Crippen LogP contribution in [-0.2, 0) is 15.9 Å². The Morgan fingerprint density at radius 1 is 1.14 bits per heavy atom. The van der Waals surface area contributed by atoms with Gasteiger partial charge in [-0.2, -0.15) is 0 Å². The minimum Gasteiger partial charge on any atom is -0.399 e. The zero-order valence-electron chi connectivity index (χ0n) is 13.4. The van der Waals surface area contributed by atoms with Crippen molar-refractivity contribution in [3.63, 3.8) is 0 Å². The summed E-state index contributed by atoms with van der Waals surface area (Å²) in [4.78, 5) is 4.14. The predicted octanol–water partition coefficient (Wildman–Crippen LogP) is 2.63. The number of rotatable bonds is 2. The molecule has 4 nitrogen and oxygen atoms in total. The Balaban J connectivity index is 2.12. The first-order valence-corrected chi connectivity index (χ1v) is 7.36. The van der Waals surface area contributed by atoms with Gasteiger partial charge in [0, 0.05) is 12.0 Å². The van der Waals surface area contributed by atoms with Crippen molar-refractivity contribution in [2.45, 2.75) is 52.4 Å². The number of imidazole rings is 1. The Morgan fingerprint density at radius 2 is 1.73 bits per heavy atom. The first-order valence-electron chi connectivity index (χ1n) is 7.36. The van der Waals surface area contributed by atoms with Crippen LogP contribution < -0.4 is 5.46 Å². The third-order valence-corrected chi connectivity index (χ3v) is 4.66. The highest BCUT2D eigenvalue weighted by molar-refractivity contribution is 6.62.